The molecule has 130 valence electrons. The van der Waals surface area contributed by atoms with Gasteiger partial charge in [-0.3, -0.25) is 9.59 Å². The lowest BCUT2D eigenvalue weighted by Crippen LogP contribution is -2.14. The minimum atomic E-state index is -0.327. The quantitative estimate of drug-likeness (QED) is 0.683. The molecule has 26 heavy (non-hydrogen) atoms. The molecular formula is C20H18N4O2. The maximum atomic E-state index is 12.2. The van der Waals surface area contributed by atoms with Crippen LogP contribution in [0.2, 0.25) is 0 Å². The van der Waals surface area contributed by atoms with Gasteiger partial charge in [0.05, 0.1) is 0 Å². The molecule has 0 radical (unpaired) electrons. The summed E-state index contributed by atoms with van der Waals surface area (Å²) in [6.45, 7) is 3.50. The first-order valence-corrected chi connectivity index (χ1v) is 8.11. The summed E-state index contributed by atoms with van der Waals surface area (Å²) in [7, 11) is 0. The molecule has 0 aliphatic rings. The highest BCUT2D eigenvalue weighted by molar-refractivity contribution is 6.02. The zero-order chi connectivity index (χ0) is 18.5. The van der Waals surface area contributed by atoms with Crippen LogP contribution in [0.25, 0.3) is 0 Å². The normalized spacial score (nSPS) is 10.2. The molecule has 2 N–H and O–H groups in total. The smallest absolute Gasteiger partial charge is 0.276 e. The second-order valence-corrected chi connectivity index (χ2v) is 5.89. The number of aryl methyl sites for hydroxylation is 1. The van der Waals surface area contributed by atoms with E-state index in [0.29, 0.717) is 17.1 Å². The zero-order valence-corrected chi connectivity index (χ0v) is 14.5. The van der Waals surface area contributed by atoms with Gasteiger partial charge in [0.15, 0.2) is 17.3 Å². The molecule has 0 saturated carbocycles. The molecule has 1 aromatic heterocycles. The van der Waals surface area contributed by atoms with E-state index < -0.39 is 0 Å². The van der Waals surface area contributed by atoms with E-state index in [9.17, 15) is 9.59 Å². The van der Waals surface area contributed by atoms with Crippen molar-refractivity contribution in [1.82, 2.24) is 10.2 Å². The van der Waals surface area contributed by atoms with Crippen molar-refractivity contribution in [3.63, 3.8) is 0 Å². The number of anilines is 3. The van der Waals surface area contributed by atoms with Crippen molar-refractivity contribution in [2.24, 2.45) is 0 Å². The van der Waals surface area contributed by atoms with Gasteiger partial charge in [0.2, 0.25) is 0 Å². The fourth-order valence-corrected chi connectivity index (χ4v) is 2.32. The average Bonchev–Trinajstić information content (AvgIpc) is 2.64. The molecule has 6 nitrogen and oxygen atoms in total. The van der Waals surface area contributed by atoms with Gasteiger partial charge in [-0.1, -0.05) is 29.8 Å². The molecule has 0 atom stereocenters. The van der Waals surface area contributed by atoms with Crippen LogP contribution >= 0.6 is 0 Å². The van der Waals surface area contributed by atoms with Crippen LogP contribution in [-0.4, -0.2) is 21.9 Å². The Morgan fingerprint density at radius 1 is 0.885 bits per heavy atom. The topological polar surface area (TPSA) is 84.0 Å². The number of amides is 1. The Labute approximate surface area is 151 Å². The lowest BCUT2D eigenvalue weighted by atomic mass is 10.1. The number of nitrogens with one attached hydrogen (secondary N) is 2. The van der Waals surface area contributed by atoms with Crippen molar-refractivity contribution in [3.8, 4) is 0 Å². The second kappa shape index (κ2) is 7.57. The molecule has 0 unspecified atom stereocenters. The lowest BCUT2D eigenvalue weighted by molar-refractivity contribution is 0.101. The number of nitrogens with zero attached hydrogens (tertiary/aromatic N) is 2. The summed E-state index contributed by atoms with van der Waals surface area (Å²) in [5.41, 5.74) is 3.37. The monoisotopic (exact) mass is 346 g/mol. The van der Waals surface area contributed by atoms with E-state index in [-0.39, 0.29) is 17.4 Å². The number of carbonyl (C=O) groups is 2. The third-order valence-electron chi connectivity index (χ3n) is 3.75. The number of benzene rings is 2. The molecule has 0 aliphatic carbocycles. The van der Waals surface area contributed by atoms with E-state index in [4.69, 9.17) is 0 Å². The van der Waals surface area contributed by atoms with Crippen LogP contribution in [0.4, 0.5) is 17.2 Å². The number of hydrogen-bond acceptors (Lipinski definition) is 5. The van der Waals surface area contributed by atoms with Crippen LogP contribution in [0.15, 0.2) is 60.7 Å². The molecule has 0 aliphatic heterocycles. The van der Waals surface area contributed by atoms with Gasteiger partial charge < -0.3 is 10.6 Å². The number of hydrogen-bond donors (Lipinski definition) is 2. The molecule has 3 rings (SSSR count). The van der Waals surface area contributed by atoms with Gasteiger partial charge in [-0.25, -0.2) is 0 Å². The van der Waals surface area contributed by atoms with Crippen molar-refractivity contribution < 1.29 is 9.59 Å². The highest BCUT2D eigenvalue weighted by Crippen LogP contribution is 2.16. The molecule has 2 aromatic carbocycles. The van der Waals surface area contributed by atoms with Crippen molar-refractivity contribution >= 4 is 28.9 Å². The van der Waals surface area contributed by atoms with Crippen molar-refractivity contribution in [2.45, 2.75) is 13.8 Å². The summed E-state index contributed by atoms with van der Waals surface area (Å²) < 4.78 is 0. The number of aromatic nitrogens is 2. The molecule has 0 saturated heterocycles. The number of rotatable bonds is 5. The van der Waals surface area contributed by atoms with Crippen LogP contribution in [0.3, 0.4) is 0 Å². The van der Waals surface area contributed by atoms with Gasteiger partial charge in [-0.05, 0) is 50.2 Å². The Balaban J connectivity index is 1.68. The predicted molar refractivity (Wildman–Crippen MR) is 101 cm³/mol. The lowest BCUT2D eigenvalue weighted by Gasteiger charge is -2.07. The Kier molecular flexibility index (Phi) is 5.03. The van der Waals surface area contributed by atoms with E-state index >= 15 is 0 Å². The minimum Gasteiger partial charge on any atom is -0.339 e. The first-order valence-electron chi connectivity index (χ1n) is 8.11. The first kappa shape index (κ1) is 17.3. The number of carbonyl (C=O) groups excluding carboxylic acids is 2. The van der Waals surface area contributed by atoms with E-state index in [2.05, 4.69) is 20.8 Å². The van der Waals surface area contributed by atoms with Gasteiger partial charge in [-0.15, -0.1) is 10.2 Å². The third-order valence-corrected chi connectivity index (χ3v) is 3.75. The van der Waals surface area contributed by atoms with Gasteiger partial charge in [0.1, 0.15) is 0 Å². The number of ketones is 1. The first-order chi connectivity index (χ1) is 12.5. The van der Waals surface area contributed by atoms with E-state index in [1.807, 2.05) is 37.3 Å². The van der Waals surface area contributed by atoms with Gasteiger partial charge >= 0.3 is 0 Å². The molecule has 3 aromatic rings. The molecule has 1 heterocycles. The third kappa shape index (κ3) is 4.30. The highest BCUT2D eigenvalue weighted by atomic mass is 16.2. The van der Waals surface area contributed by atoms with Crippen LogP contribution in [0, 0.1) is 6.92 Å². The summed E-state index contributed by atoms with van der Waals surface area (Å²) in [5, 5.41) is 13.8. The van der Waals surface area contributed by atoms with Crippen LogP contribution in [0.1, 0.15) is 33.3 Å². The zero-order valence-electron chi connectivity index (χ0n) is 14.5. The number of Topliss-reactive ketones (excluding diaryl/α,β-unsaturated/α-hetero) is 1. The van der Waals surface area contributed by atoms with Crippen molar-refractivity contribution in [2.75, 3.05) is 10.6 Å². The summed E-state index contributed by atoms with van der Waals surface area (Å²) in [4.78, 5) is 23.7. The highest BCUT2D eigenvalue weighted by Gasteiger charge is 2.09. The van der Waals surface area contributed by atoms with Gasteiger partial charge in [-0.2, -0.15) is 0 Å². The summed E-state index contributed by atoms with van der Waals surface area (Å²) in [6, 6.07) is 17.9. The maximum Gasteiger partial charge on any atom is 0.276 e. The Morgan fingerprint density at radius 3 is 2.31 bits per heavy atom. The fraction of sp³-hybridized carbons (Fsp3) is 0.100. The molecule has 0 fully saturated rings. The second-order valence-electron chi connectivity index (χ2n) is 5.89. The van der Waals surface area contributed by atoms with Crippen LogP contribution < -0.4 is 10.6 Å². The molecule has 0 bridgehead atoms. The van der Waals surface area contributed by atoms with E-state index in [1.165, 1.54) is 6.92 Å². The standard InChI is InChI=1S/C20H18N4O2/c1-13-6-8-16(9-7-13)22-20(26)18-10-11-19(24-23-18)21-17-5-3-4-15(12-17)14(2)25/h3-12H,1-2H3,(H,21,24)(H,22,26). The van der Waals surface area contributed by atoms with E-state index in [0.717, 1.165) is 11.3 Å². The largest absolute Gasteiger partial charge is 0.339 e. The fourth-order valence-electron chi connectivity index (χ4n) is 2.32. The summed E-state index contributed by atoms with van der Waals surface area (Å²) in [5.74, 6) is 0.145. The Hall–Kier alpha value is -3.54. The van der Waals surface area contributed by atoms with E-state index in [1.54, 1.807) is 30.3 Å². The predicted octanol–water partition coefficient (Wildman–Crippen LogP) is 3.98. The van der Waals surface area contributed by atoms with Crippen molar-refractivity contribution in [1.29, 1.82) is 0 Å². The average molecular weight is 346 g/mol. The maximum absolute atomic E-state index is 12.2. The minimum absolute atomic E-state index is 0.0112. The van der Waals surface area contributed by atoms with Gasteiger partial charge in [0, 0.05) is 16.9 Å². The Morgan fingerprint density at radius 2 is 1.65 bits per heavy atom. The molecular weight excluding hydrogens is 328 g/mol. The van der Waals surface area contributed by atoms with Crippen molar-refractivity contribution in [3.05, 3.63) is 77.5 Å². The van der Waals surface area contributed by atoms with Crippen LogP contribution in [-0.2, 0) is 0 Å². The SMILES string of the molecule is CC(=O)c1cccc(Nc2ccc(C(=O)Nc3ccc(C)cc3)nn2)c1. The molecule has 1 amide bonds. The summed E-state index contributed by atoms with van der Waals surface area (Å²) >= 11 is 0. The summed E-state index contributed by atoms with van der Waals surface area (Å²) in [6.07, 6.45) is 0. The molecule has 0 spiro atoms. The molecule has 6 heteroatoms. The Bertz CT molecular complexity index is 935. The van der Waals surface area contributed by atoms with Gasteiger partial charge in [0.25, 0.3) is 5.91 Å². The van der Waals surface area contributed by atoms with Crippen LogP contribution in [0.5, 0.6) is 0 Å².